The molecule has 1 aromatic carbocycles. The lowest BCUT2D eigenvalue weighted by Crippen LogP contribution is -2.37. The Morgan fingerprint density at radius 1 is 1.17 bits per heavy atom. The highest BCUT2D eigenvalue weighted by Gasteiger charge is 2.41. The van der Waals surface area contributed by atoms with Crippen LogP contribution < -0.4 is 0 Å². The lowest BCUT2D eigenvalue weighted by Gasteiger charge is -2.33. The van der Waals surface area contributed by atoms with Gasteiger partial charge in [0.15, 0.2) is 0 Å². The summed E-state index contributed by atoms with van der Waals surface area (Å²) in [4.78, 5) is 11.7. The van der Waals surface area contributed by atoms with Gasteiger partial charge in [-0.05, 0) is 30.5 Å². The maximum Gasteiger partial charge on any atom is 0.314 e. The van der Waals surface area contributed by atoms with Crippen molar-refractivity contribution in [3.8, 4) is 0 Å². The molecule has 1 aliphatic carbocycles. The Morgan fingerprint density at radius 3 is 2.67 bits per heavy atom. The smallest absolute Gasteiger partial charge is 0.314 e. The molecule has 1 heterocycles. The molecule has 94 valence electrons. The van der Waals surface area contributed by atoms with Gasteiger partial charge in [-0.15, -0.1) is 0 Å². The first kappa shape index (κ1) is 11.3. The van der Waals surface area contributed by atoms with Gasteiger partial charge in [-0.3, -0.25) is 4.79 Å². The minimum atomic E-state index is -0.709. The summed E-state index contributed by atoms with van der Waals surface area (Å²) in [6, 6.07) is 7.69. The fourth-order valence-corrected chi connectivity index (χ4v) is 3.03. The molecule has 0 saturated heterocycles. The molecule has 0 aliphatic heterocycles. The van der Waals surface area contributed by atoms with E-state index in [9.17, 15) is 9.90 Å². The van der Waals surface area contributed by atoms with Crippen LogP contribution in [0, 0.1) is 0 Å². The fraction of sp³-hybridized carbons (Fsp3) is 0.400. The third kappa shape index (κ3) is 1.62. The number of rotatable bonds is 2. The molecule has 1 saturated carbocycles. The first-order valence-corrected chi connectivity index (χ1v) is 6.43. The largest absolute Gasteiger partial charge is 0.481 e. The molecule has 0 spiro atoms. The van der Waals surface area contributed by atoms with Gasteiger partial charge in [-0.1, -0.05) is 31.4 Å². The maximum absolute atomic E-state index is 11.7. The maximum atomic E-state index is 11.7. The summed E-state index contributed by atoms with van der Waals surface area (Å²) in [5, 5.41) is 10.7. The highest BCUT2D eigenvalue weighted by atomic mass is 16.4. The number of furan rings is 1. The SMILES string of the molecule is O=C(O)C1(c2ccc3ccoc3c2)CCCCC1. The van der Waals surface area contributed by atoms with Gasteiger partial charge < -0.3 is 9.52 Å². The molecule has 0 bridgehead atoms. The summed E-state index contributed by atoms with van der Waals surface area (Å²) in [5.74, 6) is -0.701. The average Bonchev–Trinajstić information content (AvgIpc) is 2.86. The Balaban J connectivity index is 2.11. The molecule has 3 rings (SSSR count). The zero-order valence-corrected chi connectivity index (χ0v) is 10.2. The molecule has 3 heteroatoms. The summed E-state index contributed by atoms with van der Waals surface area (Å²) in [7, 11) is 0. The van der Waals surface area contributed by atoms with Gasteiger partial charge in [-0.25, -0.2) is 0 Å². The van der Waals surface area contributed by atoms with Crippen LogP contribution in [0.15, 0.2) is 34.9 Å². The molecule has 0 radical (unpaired) electrons. The molecule has 1 aliphatic rings. The van der Waals surface area contributed by atoms with Gasteiger partial charge in [-0.2, -0.15) is 0 Å². The summed E-state index contributed by atoms with van der Waals surface area (Å²) in [5.41, 5.74) is 0.954. The van der Waals surface area contributed by atoms with Crippen molar-refractivity contribution in [1.29, 1.82) is 0 Å². The van der Waals surface area contributed by atoms with Gasteiger partial charge in [0.1, 0.15) is 5.58 Å². The average molecular weight is 244 g/mol. The van der Waals surface area contributed by atoms with E-state index in [1.165, 1.54) is 0 Å². The van der Waals surface area contributed by atoms with Crippen molar-refractivity contribution in [3.63, 3.8) is 0 Å². The Hall–Kier alpha value is -1.77. The molecular weight excluding hydrogens is 228 g/mol. The van der Waals surface area contributed by atoms with Crippen molar-refractivity contribution in [1.82, 2.24) is 0 Å². The van der Waals surface area contributed by atoms with E-state index in [2.05, 4.69) is 0 Å². The number of hydrogen-bond donors (Lipinski definition) is 1. The fourth-order valence-electron chi connectivity index (χ4n) is 3.03. The monoisotopic (exact) mass is 244 g/mol. The molecule has 3 nitrogen and oxygen atoms in total. The molecule has 1 fully saturated rings. The zero-order chi connectivity index (χ0) is 12.6. The van der Waals surface area contributed by atoms with E-state index >= 15 is 0 Å². The van der Waals surface area contributed by atoms with E-state index in [4.69, 9.17) is 4.42 Å². The van der Waals surface area contributed by atoms with Crippen LogP contribution in [0.3, 0.4) is 0 Å². The standard InChI is InChI=1S/C15H16O3/c16-14(17)15(7-2-1-3-8-15)12-5-4-11-6-9-18-13(11)10-12/h4-6,9-10H,1-3,7-8H2,(H,16,17). The van der Waals surface area contributed by atoms with E-state index in [1.54, 1.807) is 6.26 Å². The van der Waals surface area contributed by atoms with Gasteiger partial charge in [0.2, 0.25) is 0 Å². The Labute approximate surface area is 105 Å². The van der Waals surface area contributed by atoms with Crippen LogP contribution in [0.4, 0.5) is 0 Å². The normalized spacial score (nSPS) is 18.9. The number of benzene rings is 1. The molecule has 18 heavy (non-hydrogen) atoms. The molecule has 1 N–H and O–H groups in total. The highest BCUT2D eigenvalue weighted by Crippen LogP contribution is 2.40. The van der Waals surface area contributed by atoms with Gasteiger partial charge in [0, 0.05) is 5.39 Å². The molecule has 0 atom stereocenters. The Bertz CT molecular complexity index is 576. The second kappa shape index (κ2) is 4.16. The Kier molecular flexibility index (Phi) is 2.62. The minimum absolute atomic E-state index is 0.701. The van der Waals surface area contributed by atoms with E-state index in [-0.39, 0.29) is 0 Å². The van der Waals surface area contributed by atoms with Crippen molar-refractivity contribution in [3.05, 3.63) is 36.1 Å². The number of carboxylic acids is 1. The van der Waals surface area contributed by atoms with Gasteiger partial charge in [0.05, 0.1) is 11.7 Å². The van der Waals surface area contributed by atoms with Crippen molar-refractivity contribution in [2.24, 2.45) is 0 Å². The van der Waals surface area contributed by atoms with Crippen LogP contribution in [0.5, 0.6) is 0 Å². The summed E-state index contributed by atoms with van der Waals surface area (Å²) >= 11 is 0. The van der Waals surface area contributed by atoms with Crippen LogP contribution in [0.1, 0.15) is 37.7 Å². The predicted molar refractivity (Wildman–Crippen MR) is 68.6 cm³/mol. The van der Waals surface area contributed by atoms with Crippen LogP contribution in [-0.2, 0) is 10.2 Å². The second-order valence-corrected chi connectivity index (χ2v) is 5.12. The number of aliphatic carboxylic acids is 1. The molecule has 2 aromatic rings. The first-order chi connectivity index (χ1) is 8.72. The van der Waals surface area contributed by atoms with E-state index in [1.807, 2.05) is 24.3 Å². The van der Waals surface area contributed by atoms with Crippen LogP contribution in [0.25, 0.3) is 11.0 Å². The molecule has 0 unspecified atom stereocenters. The predicted octanol–water partition coefficient (Wildman–Crippen LogP) is 3.72. The Morgan fingerprint density at radius 2 is 1.94 bits per heavy atom. The number of hydrogen-bond acceptors (Lipinski definition) is 2. The zero-order valence-electron chi connectivity index (χ0n) is 10.2. The summed E-state index contributed by atoms with van der Waals surface area (Å²) < 4.78 is 5.38. The molecule has 1 aromatic heterocycles. The van der Waals surface area contributed by atoms with Gasteiger partial charge in [0.25, 0.3) is 0 Å². The lowest BCUT2D eigenvalue weighted by molar-refractivity contribution is -0.145. The van der Waals surface area contributed by atoms with Crippen LogP contribution in [0.2, 0.25) is 0 Å². The molecule has 0 amide bonds. The third-order valence-electron chi connectivity index (χ3n) is 4.13. The van der Waals surface area contributed by atoms with Crippen molar-refractivity contribution in [2.75, 3.05) is 0 Å². The summed E-state index contributed by atoms with van der Waals surface area (Å²) in [6.07, 6.45) is 6.22. The topological polar surface area (TPSA) is 50.4 Å². The third-order valence-corrected chi connectivity index (χ3v) is 4.13. The number of fused-ring (bicyclic) bond motifs is 1. The molecular formula is C15H16O3. The first-order valence-electron chi connectivity index (χ1n) is 6.43. The van der Waals surface area contributed by atoms with Crippen molar-refractivity contribution in [2.45, 2.75) is 37.5 Å². The van der Waals surface area contributed by atoms with Crippen molar-refractivity contribution >= 4 is 16.9 Å². The lowest BCUT2D eigenvalue weighted by atomic mass is 9.69. The number of carboxylic acid groups (broad SMARTS) is 1. The number of carbonyl (C=O) groups is 1. The van der Waals surface area contributed by atoms with E-state index in [0.29, 0.717) is 0 Å². The van der Waals surface area contributed by atoms with E-state index in [0.717, 1.165) is 48.6 Å². The minimum Gasteiger partial charge on any atom is -0.481 e. The van der Waals surface area contributed by atoms with Crippen LogP contribution >= 0.6 is 0 Å². The van der Waals surface area contributed by atoms with Crippen molar-refractivity contribution < 1.29 is 14.3 Å². The van der Waals surface area contributed by atoms with E-state index < -0.39 is 11.4 Å². The highest BCUT2D eigenvalue weighted by molar-refractivity contribution is 5.85. The van der Waals surface area contributed by atoms with Crippen LogP contribution in [-0.4, -0.2) is 11.1 Å². The quantitative estimate of drug-likeness (QED) is 0.875. The van der Waals surface area contributed by atoms with Gasteiger partial charge >= 0.3 is 5.97 Å². The second-order valence-electron chi connectivity index (χ2n) is 5.12. The summed E-state index contributed by atoms with van der Waals surface area (Å²) in [6.45, 7) is 0.